The van der Waals surface area contributed by atoms with E-state index in [2.05, 4.69) is 6.92 Å². The highest BCUT2D eigenvalue weighted by Gasteiger charge is 2.43. The van der Waals surface area contributed by atoms with E-state index in [9.17, 15) is 15.3 Å². The van der Waals surface area contributed by atoms with Gasteiger partial charge in [-0.25, -0.2) is 0 Å². The van der Waals surface area contributed by atoms with Gasteiger partial charge < -0.3 is 25.2 Å². The first-order valence-electron chi connectivity index (χ1n) is 7.04. The van der Waals surface area contributed by atoms with Gasteiger partial charge in [-0.15, -0.1) is 11.8 Å². The molecule has 0 aromatic heterocycles. The van der Waals surface area contributed by atoms with Gasteiger partial charge in [-0.05, 0) is 12.2 Å². The Balaban J connectivity index is 2.28. The molecule has 4 N–H and O–H groups in total. The number of thioether (sulfide) groups is 1. The highest BCUT2D eigenvalue weighted by molar-refractivity contribution is 7.99. The SMILES string of the molecule is CCCCCCCS[C@@H]1O[C@@H](CO)[C@@H](O)[C@H](O)[C@H]1O. The molecule has 0 amide bonds. The first-order chi connectivity index (χ1) is 9.11. The highest BCUT2D eigenvalue weighted by Crippen LogP contribution is 2.29. The number of hydrogen-bond donors (Lipinski definition) is 4. The minimum atomic E-state index is -1.26. The van der Waals surface area contributed by atoms with Gasteiger partial charge in [0.1, 0.15) is 29.9 Å². The van der Waals surface area contributed by atoms with Crippen LogP contribution < -0.4 is 0 Å². The Morgan fingerprint density at radius 1 is 0.947 bits per heavy atom. The number of ether oxygens (including phenoxy) is 1. The van der Waals surface area contributed by atoms with Crippen LogP contribution in [0.4, 0.5) is 0 Å². The normalized spacial score (nSPS) is 35.5. The third-order valence-corrected chi connectivity index (χ3v) is 4.62. The minimum absolute atomic E-state index is 0.363. The van der Waals surface area contributed by atoms with Crippen molar-refractivity contribution in [3.05, 3.63) is 0 Å². The molecular formula is C13H26O5S. The van der Waals surface area contributed by atoms with Crippen molar-refractivity contribution in [1.29, 1.82) is 0 Å². The van der Waals surface area contributed by atoms with Crippen LogP contribution in [0.3, 0.4) is 0 Å². The molecule has 0 aromatic rings. The van der Waals surface area contributed by atoms with E-state index in [1.165, 1.54) is 31.0 Å². The molecule has 19 heavy (non-hydrogen) atoms. The summed E-state index contributed by atoms with van der Waals surface area (Å²) in [5.41, 5.74) is -0.582. The monoisotopic (exact) mass is 294 g/mol. The summed E-state index contributed by atoms with van der Waals surface area (Å²) in [6.07, 6.45) is 1.42. The second-order valence-corrected chi connectivity index (χ2v) is 6.19. The molecule has 5 nitrogen and oxygen atoms in total. The van der Waals surface area contributed by atoms with Crippen LogP contribution in [0.25, 0.3) is 0 Å². The summed E-state index contributed by atoms with van der Waals surface area (Å²) < 4.78 is 5.41. The van der Waals surface area contributed by atoms with Crippen LogP contribution in [-0.2, 0) is 4.74 Å². The van der Waals surface area contributed by atoms with E-state index in [1.54, 1.807) is 0 Å². The van der Waals surface area contributed by atoms with Crippen molar-refractivity contribution in [2.24, 2.45) is 0 Å². The Kier molecular flexibility index (Phi) is 8.29. The standard InChI is InChI=1S/C13H26O5S/c1-2-3-4-5-6-7-19-13-12(17)11(16)10(15)9(8-14)18-13/h9-17H,2-8H2,1H3/t9-,10+,11-,12+,13-/m0/s1. The molecule has 0 radical (unpaired) electrons. The molecule has 0 saturated carbocycles. The van der Waals surface area contributed by atoms with E-state index < -0.39 is 29.9 Å². The highest BCUT2D eigenvalue weighted by atomic mass is 32.2. The van der Waals surface area contributed by atoms with Gasteiger partial charge in [0.2, 0.25) is 0 Å². The van der Waals surface area contributed by atoms with Crippen LogP contribution in [0.1, 0.15) is 39.0 Å². The summed E-state index contributed by atoms with van der Waals surface area (Å²) in [7, 11) is 0. The molecule has 0 aliphatic carbocycles. The zero-order valence-corrected chi connectivity index (χ0v) is 12.3. The lowest BCUT2D eigenvalue weighted by Gasteiger charge is -2.39. The maximum Gasteiger partial charge on any atom is 0.132 e. The van der Waals surface area contributed by atoms with Crippen LogP contribution in [-0.4, -0.2) is 62.6 Å². The Hall–Kier alpha value is 0.150. The van der Waals surface area contributed by atoms with E-state index in [1.807, 2.05) is 0 Å². The zero-order valence-electron chi connectivity index (χ0n) is 11.4. The summed E-state index contributed by atoms with van der Waals surface area (Å²) in [4.78, 5) is 0. The van der Waals surface area contributed by atoms with Gasteiger partial charge in [0.05, 0.1) is 6.61 Å². The molecule has 1 rings (SSSR count). The number of aliphatic hydroxyl groups excluding tert-OH is 4. The third-order valence-electron chi connectivity index (χ3n) is 3.38. The second kappa shape index (κ2) is 9.15. The van der Waals surface area contributed by atoms with Crippen molar-refractivity contribution >= 4 is 11.8 Å². The van der Waals surface area contributed by atoms with E-state index >= 15 is 0 Å². The predicted molar refractivity (Wildman–Crippen MR) is 75.0 cm³/mol. The van der Waals surface area contributed by atoms with E-state index in [0.29, 0.717) is 0 Å². The summed E-state index contributed by atoms with van der Waals surface area (Å²) in [5.74, 6) is 0.840. The molecule has 0 spiro atoms. The van der Waals surface area contributed by atoms with Crippen LogP contribution >= 0.6 is 11.8 Å². The molecule has 0 unspecified atom stereocenters. The van der Waals surface area contributed by atoms with Crippen molar-refractivity contribution in [2.75, 3.05) is 12.4 Å². The molecule has 1 aliphatic rings. The molecule has 1 saturated heterocycles. The molecule has 1 aliphatic heterocycles. The van der Waals surface area contributed by atoms with E-state index in [-0.39, 0.29) is 6.61 Å². The lowest BCUT2D eigenvalue weighted by atomic mass is 10.0. The van der Waals surface area contributed by atoms with E-state index in [4.69, 9.17) is 9.84 Å². The Labute approximate surface area is 119 Å². The maximum absolute atomic E-state index is 9.82. The van der Waals surface area contributed by atoms with E-state index in [0.717, 1.165) is 18.6 Å². The fraction of sp³-hybridized carbons (Fsp3) is 1.00. The van der Waals surface area contributed by atoms with Gasteiger partial charge in [-0.1, -0.05) is 32.6 Å². The Bertz CT molecular complexity index is 239. The van der Waals surface area contributed by atoms with Crippen LogP contribution in [0, 0.1) is 0 Å². The third kappa shape index (κ3) is 5.21. The molecule has 114 valence electrons. The largest absolute Gasteiger partial charge is 0.394 e. The number of hydrogen-bond acceptors (Lipinski definition) is 6. The van der Waals surface area contributed by atoms with Gasteiger partial charge in [-0.3, -0.25) is 0 Å². The van der Waals surface area contributed by atoms with Crippen molar-refractivity contribution in [3.63, 3.8) is 0 Å². The fourth-order valence-electron chi connectivity index (χ4n) is 2.11. The van der Waals surface area contributed by atoms with Crippen LogP contribution in [0.2, 0.25) is 0 Å². The van der Waals surface area contributed by atoms with Crippen LogP contribution in [0.15, 0.2) is 0 Å². The number of unbranched alkanes of at least 4 members (excludes halogenated alkanes) is 4. The quantitative estimate of drug-likeness (QED) is 0.487. The van der Waals surface area contributed by atoms with Gasteiger partial charge >= 0.3 is 0 Å². The smallest absolute Gasteiger partial charge is 0.132 e. The fourth-order valence-corrected chi connectivity index (χ4v) is 3.29. The van der Waals surface area contributed by atoms with Crippen molar-refractivity contribution < 1.29 is 25.2 Å². The van der Waals surface area contributed by atoms with Crippen molar-refractivity contribution in [2.45, 2.75) is 68.9 Å². The Morgan fingerprint density at radius 3 is 2.26 bits per heavy atom. The molecule has 6 heteroatoms. The van der Waals surface area contributed by atoms with Gasteiger partial charge in [0.25, 0.3) is 0 Å². The van der Waals surface area contributed by atoms with Crippen molar-refractivity contribution in [1.82, 2.24) is 0 Å². The summed E-state index contributed by atoms with van der Waals surface area (Å²) in [6.45, 7) is 1.81. The topological polar surface area (TPSA) is 90.2 Å². The summed E-state index contributed by atoms with van der Waals surface area (Å²) in [6, 6.07) is 0. The number of rotatable bonds is 8. The van der Waals surface area contributed by atoms with Gasteiger partial charge in [-0.2, -0.15) is 0 Å². The average molecular weight is 294 g/mol. The molecular weight excluding hydrogens is 268 g/mol. The maximum atomic E-state index is 9.82. The average Bonchev–Trinajstić information content (AvgIpc) is 2.42. The second-order valence-electron chi connectivity index (χ2n) is 4.98. The molecule has 0 aromatic carbocycles. The lowest BCUT2D eigenvalue weighted by Crippen LogP contribution is -2.57. The van der Waals surface area contributed by atoms with Gasteiger partial charge in [0, 0.05) is 0 Å². The lowest BCUT2D eigenvalue weighted by molar-refractivity contribution is -0.205. The first-order valence-corrected chi connectivity index (χ1v) is 8.08. The van der Waals surface area contributed by atoms with Gasteiger partial charge in [0.15, 0.2) is 0 Å². The zero-order chi connectivity index (χ0) is 14.3. The van der Waals surface area contributed by atoms with Crippen LogP contribution in [0.5, 0.6) is 0 Å². The number of aliphatic hydroxyl groups is 4. The van der Waals surface area contributed by atoms with Crippen molar-refractivity contribution in [3.8, 4) is 0 Å². The molecule has 5 atom stereocenters. The first kappa shape index (κ1) is 17.2. The minimum Gasteiger partial charge on any atom is -0.394 e. The molecule has 0 bridgehead atoms. The summed E-state index contributed by atoms with van der Waals surface area (Å²) in [5, 5.41) is 38.2. The predicted octanol–water partition coefficient (Wildman–Crippen LogP) is 0.490. The molecule has 1 heterocycles. The summed E-state index contributed by atoms with van der Waals surface area (Å²) >= 11 is 1.43. The Morgan fingerprint density at radius 2 is 1.63 bits per heavy atom. The molecule has 1 fully saturated rings.